The van der Waals surface area contributed by atoms with Crippen LogP contribution in [0.5, 0.6) is 5.75 Å². The Morgan fingerprint density at radius 3 is 3.04 bits per heavy atom. The fourth-order valence-corrected chi connectivity index (χ4v) is 3.30. The summed E-state index contributed by atoms with van der Waals surface area (Å²) in [5.41, 5.74) is 1.62. The van der Waals surface area contributed by atoms with Crippen LogP contribution in [-0.4, -0.2) is 45.6 Å². The molecule has 1 aromatic carbocycles. The maximum absolute atomic E-state index is 12.5. The number of ether oxygens (including phenoxy) is 1. The molecule has 2 aromatic heterocycles. The molecule has 3 heterocycles. The Morgan fingerprint density at radius 2 is 2.21 bits per heavy atom. The highest BCUT2D eigenvalue weighted by Crippen LogP contribution is 2.27. The number of amides is 1. The third-order valence-corrected chi connectivity index (χ3v) is 4.78. The molecule has 0 bridgehead atoms. The number of pyridine rings is 1. The molecule has 1 aliphatic heterocycles. The minimum atomic E-state index is -0.0607. The molecule has 7 heteroatoms. The number of hydrogen-bond donors (Lipinski definition) is 0. The maximum atomic E-state index is 12.5. The minimum Gasteiger partial charge on any atom is -0.493 e. The Kier molecular flexibility index (Phi) is 5.32. The normalized spacial score (nSPS) is 16.3. The maximum Gasteiger partial charge on any atom is 0.272 e. The van der Waals surface area contributed by atoms with Crippen molar-refractivity contribution in [2.24, 2.45) is 0 Å². The van der Waals surface area contributed by atoms with E-state index in [2.05, 4.69) is 15.1 Å². The first-order chi connectivity index (χ1) is 13.7. The average molecular weight is 378 g/mol. The first-order valence-corrected chi connectivity index (χ1v) is 9.41. The molecule has 1 aliphatic rings. The molecule has 3 aromatic rings. The first kappa shape index (κ1) is 18.2. The van der Waals surface area contributed by atoms with Crippen LogP contribution in [0.25, 0.3) is 0 Å². The molecule has 0 N–H and O–H groups in total. The molecule has 1 fully saturated rings. The summed E-state index contributed by atoms with van der Waals surface area (Å²) in [4.78, 5) is 22.9. The zero-order chi connectivity index (χ0) is 19.3. The second-order valence-corrected chi connectivity index (χ2v) is 6.92. The molecule has 0 aliphatic carbocycles. The van der Waals surface area contributed by atoms with Gasteiger partial charge in [0.2, 0.25) is 5.89 Å². The van der Waals surface area contributed by atoms with Gasteiger partial charge in [-0.3, -0.25) is 9.78 Å². The van der Waals surface area contributed by atoms with E-state index in [1.165, 1.54) is 0 Å². The number of hydrogen-bond acceptors (Lipinski definition) is 6. The molecule has 0 spiro atoms. The van der Waals surface area contributed by atoms with E-state index in [0.29, 0.717) is 43.5 Å². The summed E-state index contributed by atoms with van der Waals surface area (Å²) in [5, 5.41) is 4.06. The minimum absolute atomic E-state index is 0.0607. The predicted molar refractivity (Wildman–Crippen MR) is 102 cm³/mol. The molecular weight excluding hydrogens is 356 g/mol. The number of nitrogens with zero attached hydrogens (tertiary/aromatic N) is 4. The van der Waals surface area contributed by atoms with Crippen LogP contribution >= 0.6 is 0 Å². The molecule has 1 atom stereocenters. The van der Waals surface area contributed by atoms with Gasteiger partial charge in [0.05, 0.1) is 12.5 Å². The molecule has 1 saturated heterocycles. The molecular formula is C21H22N4O3. The van der Waals surface area contributed by atoms with Crippen LogP contribution in [0.1, 0.15) is 40.1 Å². The van der Waals surface area contributed by atoms with E-state index in [-0.39, 0.29) is 11.8 Å². The molecule has 144 valence electrons. The van der Waals surface area contributed by atoms with E-state index in [1.807, 2.05) is 37.3 Å². The fourth-order valence-electron chi connectivity index (χ4n) is 3.30. The largest absolute Gasteiger partial charge is 0.493 e. The monoisotopic (exact) mass is 378 g/mol. The van der Waals surface area contributed by atoms with Crippen molar-refractivity contribution in [1.82, 2.24) is 20.0 Å². The van der Waals surface area contributed by atoms with Crippen LogP contribution in [0.15, 0.2) is 53.2 Å². The fraction of sp³-hybridized carbons (Fsp3) is 0.333. The lowest BCUT2D eigenvalue weighted by atomic mass is 10.1. The summed E-state index contributed by atoms with van der Waals surface area (Å²) in [6, 6.07) is 13.3. The van der Waals surface area contributed by atoms with Gasteiger partial charge in [0.15, 0.2) is 5.82 Å². The summed E-state index contributed by atoms with van der Waals surface area (Å²) in [5.74, 6) is 2.04. The standard InChI is InChI=1S/C21H22N4O3/c1-15-5-4-6-17(13-15)27-12-9-19-23-20(28-24-19)16-8-11-25(14-16)21(26)18-7-2-3-10-22-18/h2-7,10,13,16H,8-9,11-12,14H2,1H3. The van der Waals surface area contributed by atoms with Gasteiger partial charge in [0.25, 0.3) is 5.91 Å². The zero-order valence-corrected chi connectivity index (χ0v) is 15.7. The molecule has 1 amide bonds. The van der Waals surface area contributed by atoms with E-state index < -0.39 is 0 Å². The highest BCUT2D eigenvalue weighted by Gasteiger charge is 2.31. The second-order valence-electron chi connectivity index (χ2n) is 6.92. The van der Waals surface area contributed by atoms with Crippen molar-refractivity contribution in [3.63, 3.8) is 0 Å². The topological polar surface area (TPSA) is 81.4 Å². The van der Waals surface area contributed by atoms with Gasteiger partial charge in [0, 0.05) is 25.7 Å². The number of carbonyl (C=O) groups is 1. The number of aryl methyl sites for hydroxylation is 1. The molecule has 7 nitrogen and oxygen atoms in total. The van der Waals surface area contributed by atoms with Crippen molar-refractivity contribution in [1.29, 1.82) is 0 Å². The smallest absolute Gasteiger partial charge is 0.272 e. The van der Waals surface area contributed by atoms with Crippen molar-refractivity contribution in [2.75, 3.05) is 19.7 Å². The van der Waals surface area contributed by atoms with Gasteiger partial charge in [-0.25, -0.2) is 0 Å². The molecule has 4 rings (SSSR count). The number of aromatic nitrogens is 3. The summed E-state index contributed by atoms with van der Waals surface area (Å²) in [6.45, 7) is 3.74. The van der Waals surface area contributed by atoms with E-state index in [0.717, 1.165) is 17.7 Å². The number of benzene rings is 1. The van der Waals surface area contributed by atoms with Gasteiger partial charge in [-0.2, -0.15) is 4.98 Å². The van der Waals surface area contributed by atoms with Gasteiger partial charge in [-0.1, -0.05) is 23.4 Å². The van der Waals surface area contributed by atoms with E-state index in [1.54, 1.807) is 23.2 Å². The Morgan fingerprint density at radius 1 is 1.29 bits per heavy atom. The van der Waals surface area contributed by atoms with Crippen molar-refractivity contribution in [3.05, 3.63) is 71.6 Å². The SMILES string of the molecule is Cc1cccc(OCCc2noc(C3CCN(C(=O)c4ccccn4)C3)n2)c1. The summed E-state index contributed by atoms with van der Waals surface area (Å²) in [7, 11) is 0. The quantitative estimate of drug-likeness (QED) is 0.656. The van der Waals surface area contributed by atoms with E-state index >= 15 is 0 Å². The Balaban J connectivity index is 1.30. The second kappa shape index (κ2) is 8.21. The van der Waals surface area contributed by atoms with Crippen LogP contribution in [0.2, 0.25) is 0 Å². The first-order valence-electron chi connectivity index (χ1n) is 9.41. The van der Waals surface area contributed by atoms with Crippen LogP contribution in [0.3, 0.4) is 0 Å². The van der Waals surface area contributed by atoms with Gasteiger partial charge in [0.1, 0.15) is 11.4 Å². The van der Waals surface area contributed by atoms with Gasteiger partial charge < -0.3 is 14.2 Å². The summed E-state index contributed by atoms with van der Waals surface area (Å²) >= 11 is 0. The van der Waals surface area contributed by atoms with Gasteiger partial charge >= 0.3 is 0 Å². The van der Waals surface area contributed by atoms with E-state index in [9.17, 15) is 4.79 Å². The molecule has 28 heavy (non-hydrogen) atoms. The van der Waals surface area contributed by atoms with Crippen molar-refractivity contribution in [2.45, 2.75) is 25.7 Å². The number of likely N-dealkylation sites (tertiary alicyclic amines) is 1. The molecule has 0 radical (unpaired) electrons. The molecule has 0 saturated carbocycles. The third kappa shape index (κ3) is 4.19. The third-order valence-electron chi connectivity index (χ3n) is 4.78. The van der Waals surface area contributed by atoms with Crippen molar-refractivity contribution >= 4 is 5.91 Å². The summed E-state index contributed by atoms with van der Waals surface area (Å²) < 4.78 is 11.2. The number of rotatable bonds is 6. The van der Waals surface area contributed by atoms with Gasteiger partial charge in [-0.05, 0) is 43.2 Å². The molecule has 1 unspecified atom stereocenters. The van der Waals surface area contributed by atoms with Crippen molar-refractivity contribution < 1.29 is 14.1 Å². The van der Waals surface area contributed by atoms with Crippen LogP contribution in [-0.2, 0) is 6.42 Å². The Labute approximate surface area is 163 Å². The Bertz CT molecular complexity index is 942. The van der Waals surface area contributed by atoms with E-state index in [4.69, 9.17) is 9.26 Å². The van der Waals surface area contributed by atoms with Crippen LogP contribution < -0.4 is 4.74 Å². The summed E-state index contributed by atoms with van der Waals surface area (Å²) in [6.07, 6.45) is 3.00. The van der Waals surface area contributed by atoms with Gasteiger partial charge in [-0.15, -0.1) is 0 Å². The lowest BCUT2D eigenvalue weighted by Gasteiger charge is -2.14. The van der Waals surface area contributed by atoms with Crippen LogP contribution in [0, 0.1) is 6.92 Å². The lowest BCUT2D eigenvalue weighted by Crippen LogP contribution is -2.29. The predicted octanol–water partition coefficient (Wildman–Crippen LogP) is 3.02. The number of carbonyl (C=O) groups excluding carboxylic acids is 1. The zero-order valence-electron chi connectivity index (χ0n) is 15.7. The Hall–Kier alpha value is -3.22. The lowest BCUT2D eigenvalue weighted by molar-refractivity contribution is 0.0784. The average Bonchev–Trinajstić information content (AvgIpc) is 3.38. The highest BCUT2D eigenvalue weighted by molar-refractivity contribution is 5.92. The van der Waals surface area contributed by atoms with Crippen LogP contribution in [0.4, 0.5) is 0 Å². The highest BCUT2D eigenvalue weighted by atomic mass is 16.5. The van der Waals surface area contributed by atoms with Crippen molar-refractivity contribution in [3.8, 4) is 5.75 Å².